The maximum absolute atomic E-state index is 13.2. The number of ether oxygens (including phenoxy) is 1. The zero-order chi connectivity index (χ0) is 18.7. The molecule has 1 saturated heterocycles. The maximum atomic E-state index is 13.2. The minimum atomic E-state index is -0.577. The molecule has 1 aromatic carbocycles. The number of rotatable bonds is 6. The van der Waals surface area contributed by atoms with Gasteiger partial charge in [-0.15, -0.1) is 25.1 Å². The topological polar surface area (TPSA) is 29.4 Å². The number of hydrogen-bond acceptors (Lipinski definition) is 3. The molecular formula is C21H28FN3OU. The summed E-state index contributed by atoms with van der Waals surface area (Å²) in [4.78, 5) is 2.46. The van der Waals surface area contributed by atoms with Crippen molar-refractivity contribution in [3.05, 3.63) is 48.1 Å². The molecule has 0 radical (unpaired) electrons. The largest absolute Gasteiger partial charge is 2.00 e. The average Bonchev–Trinajstić information content (AvgIpc) is 3.02. The van der Waals surface area contributed by atoms with Crippen LogP contribution in [-0.4, -0.2) is 30.7 Å². The van der Waals surface area contributed by atoms with E-state index in [1.807, 2.05) is 12.1 Å². The molecule has 2 heterocycles. The third kappa shape index (κ3) is 5.10. The molecular weight excluding hydrogens is 567 g/mol. The van der Waals surface area contributed by atoms with E-state index in [1.54, 1.807) is 6.07 Å². The van der Waals surface area contributed by atoms with Gasteiger partial charge in [0, 0.05) is 43.9 Å². The predicted molar refractivity (Wildman–Crippen MR) is 104 cm³/mol. The molecule has 0 spiro atoms. The van der Waals surface area contributed by atoms with E-state index in [0.717, 1.165) is 38.3 Å². The van der Waals surface area contributed by atoms with Crippen LogP contribution in [0.25, 0.3) is 5.69 Å². The summed E-state index contributed by atoms with van der Waals surface area (Å²) in [5.74, 6) is 0.775. The van der Waals surface area contributed by atoms with E-state index < -0.39 is 6.36 Å². The molecule has 1 aromatic heterocycles. The van der Waals surface area contributed by atoms with Gasteiger partial charge in [0.1, 0.15) is 0 Å². The van der Waals surface area contributed by atoms with E-state index in [1.165, 1.54) is 24.0 Å². The van der Waals surface area contributed by atoms with Crippen LogP contribution >= 0.6 is 0 Å². The van der Waals surface area contributed by atoms with Crippen LogP contribution in [0.3, 0.4) is 0 Å². The van der Waals surface area contributed by atoms with Gasteiger partial charge in [-0.3, -0.25) is 0 Å². The molecule has 0 amide bonds. The standard InChI is InChI=1S/C21H28FN3O.U/c1-5-19-21(24-11-9-23-10-12-24)14-20(15(2)3)25(19)17-7-6-8-18(13-17)26-16(4)22;/h6-7,13-15,23H,5,9-12H2,1-4H3;/q-2;+2. The Kier molecular flexibility index (Phi) is 8.27. The van der Waals surface area contributed by atoms with Gasteiger partial charge in [0.05, 0.1) is 5.69 Å². The number of nitrogens with zero attached hydrogens (tertiary/aromatic N) is 2. The molecule has 0 saturated carbocycles. The van der Waals surface area contributed by atoms with Crippen molar-refractivity contribution in [2.45, 2.75) is 40.0 Å². The van der Waals surface area contributed by atoms with Crippen LogP contribution in [0, 0.1) is 43.5 Å². The van der Waals surface area contributed by atoms with Gasteiger partial charge in [0.2, 0.25) is 0 Å². The Bertz CT molecular complexity index is 739. The Balaban J connectivity index is 0.00000261. The number of halogens is 1. The summed E-state index contributed by atoms with van der Waals surface area (Å²) in [6, 6.07) is 10.9. The van der Waals surface area contributed by atoms with Gasteiger partial charge in [0.15, 0.2) is 0 Å². The molecule has 0 unspecified atom stereocenters. The Morgan fingerprint density at radius 3 is 2.59 bits per heavy atom. The van der Waals surface area contributed by atoms with E-state index >= 15 is 0 Å². The van der Waals surface area contributed by atoms with Crippen molar-refractivity contribution in [1.82, 2.24) is 9.88 Å². The van der Waals surface area contributed by atoms with Gasteiger partial charge >= 0.3 is 31.1 Å². The van der Waals surface area contributed by atoms with Crippen LogP contribution in [0.15, 0.2) is 24.3 Å². The fourth-order valence-corrected chi connectivity index (χ4v) is 3.59. The van der Waals surface area contributed by atoms with Crippen molar-refractivity contribution in [2.75, 3.05) is 31.1 Å². The molecule has 4 nitrogen and oxygen atoms in total. The molecule has 1 aliphatic heterocycles. The molecule has 1 aliphatic rings. The zero-order valence-electron chi connectivity index (χ0n) is 16.6. The summed E-state index contributed by atoms with van der Waals surface area (Å²) in [6.45, 7) is 12.0. The molecule has 0 atom stereocenters. The molecule has 3 rings (SSSR count). The van der Waals surface area contributed by atoms with E-state index in [4.69, 9.17) is 4.74 Å². The molecule has 1 N–H and O–H groups in total. The molecule has 27 heavy (non-hydrogen) atoms. The van der Waals surface area contributed by atoms with Gasteiger partial charge < -0.3 is 23.9 Å². The quantitative estimate of drug-likeness (QED) is 0.508. The maximum Gasteiger partial charge on any atom is 2.00 e. The Labute approximate surface area is 185 Å². The monoisotopic (exact) mass is 595 g/mol. The summed E-state index contributed by atoms with van der Waals surface area (Å²) < 4.78 is 20.6. The first kappa shape index (κ1) is 22.3. The fraction of sp³-hybridized carbons (Fsp3) is 0.476. The Morgan fingerprint density at radius 2 is 2.00 bits per heavy atom. The number of aromatic nitrogens is 1. The van der Waals surface area contributed by atoms with Crippen LogP contribution in [0.2, 0.25) is 0 Å². The third-order valence-electron chi connectivity index (χ3n) is 4.76. The second-order valence-corrected chi connectivity index (χ2v) is 6.97. The van der Waals surface area contributed by atoms with E-state index in [9.17, 15) is 4.39 Å². The second kappa shape index (κ2) is 10.0. The zero-order valence-corrected chi connectivity index (χ0v) is 20.8. The predicted octanol–water partition coefficient (Wildman–Crippen LogP) is 4.23. The first-order valence-electron chi connectivity index (χ1n) is 9.40. The van der Waals surface area contributed by atoms with Gasteiger partial charge in [0.25, 0.3) is 0 Å². The summed E-state index contributed by atoms with van der Waals surface area (Å²) in [5.41, 5.74) is 4.84. The van der Waals surface area contributed by atoms with Crippen LogP contribution < -0.4 is 15.0 Å². The summed E-state index contributed by atoms with van der Waals surface area (Å²) >= 11 is 0. The van der Waals surface area contributed by atoms with Crippen molar-refractivity contribution in [3.8, 4) is 11.4 Å². The van der Waals surface area contributed by atoms with Gasteiger partial charge in [-0.05, 0) is 24.2 Å². The van der Waals surface area contributed by atoms with Crippen LogP contribution in [0.5, 0.6) is 5.75 Å². The molecule has 6 heteroatoms. The third-order valence-corrected chi connectivity index (χ3v) is 4.76. The Morgan fingerprint density at radius 1 is 1.30 bits per heavy atom. The van der Waals surface area contributed by atoms with Crippen molar-refractivity contribution in [2.24, 2.45) is 0 Å². The van der Waals surface area contributed by atoms with Crippen molar-refractivity contribution in [3.63, 3.8) is 0 Å². The number of piperazine rings is 1. The summed E-state index contributed by atoms with van der Waals surface area (Å²) in [7, 11) is 0. The van der Waals surface area contributed by atoms with Crippen LogP contribution in [-0.2, 0) is 6.42 Å². The molecule has 1 fully saturated rings. The number of hydrogen-bond donors (Lipinski definition) is 1. The minimum Gasteiger partial charge on any atom is -0.645 e. The number of anilines is 1. The summed E-state index contributed by atoms with van der Waals surface area (Å²) in [5, 5.41) is 3.42. The minimum absolute atomic E-state index is 0. The average molecular weight is 596 g/mol. The van der Waals surface area contributed by atoms with Crippen LogP contribution in [0.4, 0.5) is 10.1 Å². The van der Waals surface area contributed by atoms with Crippen LogP contribution in [0.1, 0.15) is 45.0 Å². The molecule has 0 bridgehead atoms. The van der Waals surface area contributed by atoms with Gasteiger partial charge in [-0.25, -0.2) is 0 Å². The second-order valence-electron chi connectivity index (χ2n) is 6.97. The Hall–Kier alpha value is -0.958. The van der Waals surface area contributed by atoms with E-state index in [0.29, 0.717) is 11.7 Å². The fourth-order valence-electron chi connectivity index (χ4n) is 3.59. The van der Waals surface area contributed by atoms with E-state index in [-0.39, 0.29) is 31.1 Å². The van der Waals surface area contributed by atoms with Crippen molar-refractivity contribution < 1.29 is 40.2 Å². The van der Waals surface area contributed by atoms with E-state index in [2.05, 4.69) is 47.7 Å². The van der Waals surface area contributed by atoms with Crippen molar-refractivity contribution in [1.29, 1.82) is 0 Å². The smallest absolute Gasteiger partial charge is 0.645 e. The molecule has 144 valence electrons. The summed E-state index contributed by atoms with van der Waals surface area (Å²) in [6.07, 6.45) is 0.349. The number of nitrogens with one attached hydrogen (secondary N) is 1. The molecule has 0 aliphatic carbocycles. The van der Waals surface area contributed by atoms with Gasteiger partial charge in [-0.1, -0.05) is 26.5 Å². The first-order valence-corrected chi connectivity index (χ1v) is 9.40. The molecule has 2 aromatic rings. The number of benzene rings is 1. The van der Waals surface area contributed by atoms with Crippen molar-refractivity contribution >= 4 is 5.69 Å². The van der Waals surface area contributed by atoms with Gasteiger partial charge in [-0.2, -0.15) is 6.07 Å². The normalized spacial score (nSPS) is 14.6. The first-order chi connectivity index (χ1) is 12.5. The SMILES string of the molecule is CCc1c(N2CCNCC2)cc(C(C)C)n1-c1cc[c-]c(O[C-](C)F)c1.[U+2].